The van der Waals surface area contributed by atoms with E-state index in [1.807, 2.05) is 0 Å². The molecule has 1 atom stereocenters. The second-order valence-electron chi connectivity index (χ2n) is 7.86. The van der Waals surface area contributed by atoms with Crippen molar-refractivity contribution < 1.29 is 23.5 Å². The number of benzene rings is 1. The van der Waals surface area contributed by atoms with E-state index in [1.165, 1.54) is 33.3 Å². The molecule has 3 heterocycles. The van der Waals surface area contributed by atoms with Crippen molar-refractivity contribution in [3.8, 4) is 0 Å². The van der Waals surface area contributed by atoms with Gasteiger partial charge in [-0.25, -0.2) is 4.39 Å². The van der Waals surface area contributed by atoms with Crippen LogP contribution >= 0.6 is 27.3 Å². The highest BCUT2D eigenvalue weighted by Crippen LogP contribution is 2.42. The molecule has 4 rings (SSSR count). The topological polar surface area (TPSA) is 66.9 Å². The highest BCUT2D eigenvalue weighted by Gasteiger charge is 2.45. The molecule has 6 nitrogen and oxygen atoms in total. The van der Waals surface area contributed by atoms with E-state index in [4.69, 9.17) is 4.74 Å². The van der Waals surface area contributed by atoms with E-state index in [-0.39, 0.29) is 42.9 Å². The first-order chi connectivity index (χ1) is 14.7. The van der Waals surface area contributed by atoms with Crippen LogP contribution in [0.2, 0.25) is 0 Å². The molecule has 2 amide bonds. The molecule has 2 aliphatic heterocycles. The summed E-state index contributed by atoms with van der Waals surface area (Å²) in [6, 6.07) is 7.87. The molecule has 9 heteroatoms. The Kier molecular flexibility index (Phi) is 5.85. The van der Waals surface area contributed by atoms with Crippen molar-refractivity contribution in [1.82, 2.24) is 0 Å². The van der Waals surface area contributed by atoms with Gasteiger partial charge in [0.05, 0.1) is 21.0 Å². The van der Waals surface area contributed by atoms with Gasteiger partial charge >= 0.3 is 0 Å². The van der Waals surface area contributed by atoms with Crippen molar-refractivity contribution in [2.45, 2.75) is 13.3 Å². The smallest absolute Gasteiger partial charge is 0.253 e. The van der Waals surface area contributed by atoms with E-state index >= 15 is 0 Å². The first-order valence-corrected chi connectivity index (χ1v) is 11.3. The molecule has 0 N–H and O–H groups in total. The number of ether oxygens (including phenoxy) is 1. The minimum atomic E-state index is -0.810. The number of anilines is 2. The van der Waals surface area contributed by atoms with E-state index in [0.717, 1.165) is 3.79 Å². The third kappa shape index (κ3) is 4.09. The number of Topliss-reactive ketones (excluding diaryl/α,β-unsaturated/α-hetero) is 1. The van der Waals surface area contributed by atoms with Crippen molar-refractivity contribution >= 4 is 56.2 Å². The summed E-state index contributed by atoms with van der Waals surface area (Å²) in [7, 11) is 0. The van der Waals surface area contributed by atoms with E-state index in [2.05, 4.69) is 22.5 Å². The number of amides is 2. The Morgan fingerprint density at radius 2 is 2.00 bits per heavy atom. The SMILES string of the molecule is C=C(C(=O)c1ccc(Br)s1)C1(C)CC(=O)N(c2ccc(N3CCOCC3=O)cc2F)C1. The molecule has 2 aromatic rings. The standard InChI is InChI=1S/C22H20BrFN2O4S/c1-13(21(29)17-5-6-18(23)31-17)22(2)10-19(27)26(12-22)16-4-3-14(9-15(16)24)25-7-8-30-11-20(25)28/h3-6,9H,1,7-8,10-12H2,2H3. The van der Waals surface area contributed by atoms with E-state index in [1.54, 1.807) is 25.1 Å². The van der Waals surface area contributed by atoms with Crippen LogP contribution in [0, 0.1) is 11.2 Å². The Hall–Kier alpha value is -2.36. The molecule has 162 valence electrons. The van der Waals surface area contributed by atoms with Crippen molar-refractivity contribution in [1.29, 1.82) is 0 Å². The van der Waals surface area contributed by atoms with Gasteiger partial charge in [0.15, 0.2) is 5.78 Å². The number of ketones is 1. The molecule has 31 heavy (non-hydrogen) atoms. The molecule has 0 aliphatic carbocycles. The highest BCUT2D eigenvalue weighted by molar-refractivity contribution is 9.11. The fourth-order valence-electron chi connectivity index (χ4n) is 3.88. The number of morpholine rings is 1. The predicted octanol–water partition coefficient (Wildman–Crippen LogP) is 4.20. The zero-order chi connectivity index (χ0) is 22.3. The van der Waals surface area contributed by atoms with Gasteiger partial charge in [-0.1, -0.05) is 13.5 Å². The van der Waals surface area contributed by atoms with E-state index in [9.17, 15) is 18.8 Å². The van der Waals surface area contributed by atoms with Gasteiger partial charge in [0.25, 0.3) is 5.91 Å². The van der Waals surface area contributed by atoms with Crippen molar-refractivity contribution in [2.75, 3.05) is 36.1 Å². The molecule has 1 aromatic carbocycles. The van der Waals surface area contributed by atoms with Gasteiger partial charge in [0, 0.05) is 36.2 Å². The summed E-state index contributed by atoms with van der Waals surface area (Å²) in [5.74, 6) is -1.33. The second kappa shape index (κ2) is 8.29. The van der Waals surface area contributed by atoms with Crippen LogP contribution in [0.25, 0.3) is 0 Å². The van der Waals surface area contributed by atoms with Crippen molar-refractivity contribution in [3.63, 3.8) is 0 Å². The number of carbonyl (C=O) groups excluding carboxylic acids is 3. The second-order valence-corrected chi connectivity index (χ2v) is 10.3. The fraction of sp³-hybridized carbons (Fsp3) is 0.318. The normalized spacial score (nSPS) is 21.6. The Bertz CT molecular complexity index is 1100. The van der Waals surface area contributed by atoms with Crippen LogP contribution in [-0.4, -0.2) is 43.9 Å². The van der Waals surface area contributed by atoms with Crippen molar-refractivity contribution in [2.24, 2.45) is 5.41 Å². The minimum absolute atomic E-state index is 0.0384. The van der Waals surface area contributed by atoms with Crippen LogP contribution in [0.1, 0.15) is 23.0 Å². The largest absolute Gasteiger partial charge is 0.370 e. The number of hydrogen-bond donors (Lipinski definition) is 0. The van der Waals surface area contributed by atoms with Gasteiger partial charge in [0.2, 0.25) is 5.91 Å². The average Bonchev–Trinajstić information content (AvgIpc) is 3.30. The van der Waals surface area contributed by atoms with Gasteiger partial charge in [-0.2, -0.15) is 0 Å². The quantitative estimate of drug-likeness (QED) is 0.450. The summed E-state index contributed by atoms with van der Waals surface area (Å²) >= 11 is 4.65. The highest BCUT2D eigenvalue weighted by atomic mass is 79.9. The Balaban J connectivity index is 1.55. The van der Waals surface area contributed by atoms with Crippen LogP contribution in [0.5, 0.6) is 0 Å². The first kappa shape index (κ1) is 21.9. The first-order valence-electron chi connectivity index (χ1n) is 9.67. The molecule has 0 spiro atoms. The Morgan fingerprint density at radius 1 is 1.23 bits per heavy atom. The average molecular weight is 507 g/mol. The Morgan fingerprint density at radius 3 is 2.65 bits per heavy atom. The Labute approximate surface area is 191 Å². The molecule has 1 unspecified atom stereocenters. The third-order valence-corrected chi connectivity index (χ3v) is 7.29. The lowest BCUT2D eigenvalue weighted by Crippen LogP contribution is -2.41. The molecule has 2 saturated heterocycles. The van der Waals surface area contributed by atoms with Gasteiger partial charge in [-0.05, 0) is 46.3 Å². The summed E-state index contributed by atoms with van der Waals surface area (Å²) in [4.78, 5) is 41.0. The molecule has 0 bridgehead atoms. The number of hydrogen-bond acceptors (Lipinski definition) is 5. The zero-order valence-electron chi connectivity index (χ0n) is 16.8. The summed E-state index contributed by atoms with van der Waals surface area (Å²) < 4.78 is 20.9. The lowest BCUT2D eigenvalue weighted by Gasteiger charge is -2.28. The number of nitrogens with zero attached hydrogens (tertiary/aromatic N) is 2. The molecule has 1 aromatic heterocycles. The molecule has 0 saturated carbocycles. The van der Waals surface area contributed by atoms with Crippen molar-refractivity contribution in [3.05, 3.63) is 57.0 Å². The maximum absolute atomic E-state index is 15.0. The van der Waals surface area contributed by atoms with Crippen LogP contribution in [-0.2, 0) is 14.3 Å². The number of thiophene rings is 1. The minimum Gasteiger partial charge on any atom is -0.370 e. The number of rotatable bonds is 5. The summed E-state index contributed by atoms with van der Waals surface area (Å²) in [5.41, 5.74) is 0.0633. The monoisotopic (exact) mass is 506 g/mol. The van der Waals surface area contributed by atoms with Gasteiger partial charge < -0.3 is 14.5 Å². The molecule has 2 fully saturated rings. The van der Waals surface area contributed by atoms with Gasteiger partial charge in [-0.15, -0.1) is 11.3 Å². The van der Waals surface area contributed by atoms with Crippen LogP contribution in [0.3, 0.4) is 0 Å². The van der Waals surface area contributed by atoms with E-state index < -0.39 is 11.2 Å². The number of carbonyl (C=O) groups is 3. The predicted molar refractivity (Wildman–Crippen MR) is 120 cm³/mol. The summed E-state index contributed by atoms with van der Waals surface area (Å²) in [6.07, 6.45) is 0.0628. The lowest BCUT2D eigenvalue weighted by atomic mass is 9.79. The fourth-order valence-corrected chi connectivity index (χ4v) is 5.23. The van der Waals surface area contributed by atoms with Gasteiger partial charge in [-0.3, -0.25) is 14.4 Å². The maximum atomic E-state index is 15.0. The van der Waals surface area contributed by atoms with Crippen LogP contribution < -0.4 is 9.80 Å². The van der Waals surface area contributed by atoms with Gasteiger partial charge in [0.1, 0.15) is 12.4 Å². The molecule has 0 radical (unpaired) electrons. The zero-order valence-corrected chi connectivity index (χ0v) is 19.2. The van der Waals surface area contributed by atoms with E-state index in [0.29, 0.717) is 29.3 Å². The van der Waals surface area contributed by atoms with Crippen LogP contribution in [0.15, 0.2) is 46.3 Å². The summed E-state index contributed by atoms with van der Waals surface area (Å²) in [5, 5.41) is 0. The molecule has 2 aliphatic rings. The lowest BCUT2D eigenvalue weighted by molar-refractivity contribution is -0.125. The number of halogens is 2. The summed E-state index contributed by atoms with van der Waals surface area (Å²) in [6.45, 7) is 6.61. The molecular weight excluding hydrogens is 487 g/mol. The molecular formula is C22H20BrFN2O4S. The maximum Gasteiger partial charge on any atom is 0.253 e. The third-order valence-electron chi connectivity index (χ3n) is 5.67. The van der Waals surface area contributed by atoms with Crippen LogP contribution in [0.4, 0.5) is 15.8 Å².